The number of halogens is 1. The molecule has 0 aliphatic carbocycles. The summed E-state index contributed by atoms with van der Waals surface area (Å²) in [5.41, 5.74) is 3.20. The van der Waals surface area contributed by atoms with Gasteiger partial charge < -0.3 is 14.1 Å². The lowest BCUT2D eigenvalue weighted by Crippen LogP contribution is -2.05. The smallest absolute Gasteiger partial charge is 0.337 e. The van der Waals surface area contributed by atoms with Crippen molar-refractivity contribution in [3.05, 3.63) is 76.1 Å². The zero-order valence-corrected chi connectivity index (χ0v) is 15.9. The van der Waals surface area contributed by atoms with Gasteiger partial charge in [-0.3, -0.25) is 0 Å². The lowest BCUT2D eigenvalue weighted by molar-refractivity contribution is 0.0696. The molecule has 0 radical (unpaired) electrons. The Balaban J connectivity index is 1.80. The van der Waals surface area contributed by atoms with E-state index >= 15 is 0 Å². The molecule has 1 N–H and O–H groups in total. The second-order valence-electron chi connectivity index (χ2n) is 6.02. The number of carbonyl (C=O) groups is 1. The molecule has 27 heavy (non-hydrogen) atoms. The van der Waals surface area contributed by atoms with E-state index in [1.54, 1.807) is 19.3 Å². The van der Waals surface area contributed by atoms with E-state index in [9.17, 15) is 9.90 Å². The molecule has 0 fully saturated rings. The largest absolute Gasteiger partial charge is 0.478 e. The Labute approximate surface area is 164 Å². The monoisotopic (exact) mass is 398 g/mol. The third-order valence-electron chi connectivity index (χ3n) is 4.36. The summed E-state index contributed by atoms with van der Waals surface area (Å²) in [6.07, 6.45) is 1.60. The SMILES string of the molecule is Cc1c(C(=O)O)cc(-c2csc(-c3ccccc3Cl)n2)n1Cc1ccco1. The number of furan rings is 1. The maximum absolute atomic E-state index is 11.6. The number of nitrogens with zero attached hydrogens (tertiary/aromatic N) is 2. The molecule has 1 aromatic carbocycles. The van der Waals surface area contributed by atoms with Crippen molar-refractivity contribution in [2.45, 2.75) is 13.5 Å². The van der Waals surface area contributed by atoms with Gasteiger partial charge in [-0.15, -0.1) is 11.3 Å². The number of carboxylic acid groups (broad SMARTS) is 1. The van der Waals surface area contributed by atoms with Crippen molar-refractivity contribution in [1.29, 1.82) is 0 Å². The summed E-state index contributed by atoms with van der Waals surface area (Å²) >= 11 is 7.75. The predicted molar refractivity (Wildman–Crippen MR) is 105 cm³/mol. The van der Waals surface area contributed by atoms with E-state index < -0.39 is 5.97 Å². The van der Waals surface area contributed by atoms with Gasteiger partial charge in [-0.05, 0) is 31.2 Å². The molecule has 7 heteroatoms. The van der Waals surface area contributed by atoms with Gasteiger partial charge in [0.1, 0.15) is 10.8 Å². The molecule has 136 valence electrons. The minimum absolute atomic E-state index is 0.254. The molecular weight excluding hydrogens is 384 g/mol. The summed E-state index contributed by atoms with van der Waals surface area (Å²) in [7, 11) is 0. The molecule has 0 amide bonds. The second kappa shape index (κ2) is 7.06. The van der Waals surface area contributed by atoms with E-state index in [0.29, 0.717) is 23.0 Å². The summed E-state index contributed by atoms with van der Waals surface area (Å²) in [6.45, 7) is 2.22. The average molecular weight is 399 g/mol. The van der Waals surface area contributed by atoms with Crippen molar-refractivity contribution in [3.63, 3.8) is 0 Å². The van der Waals surface area contributed by atoms with Gasteiger partial charge in [0.2, 0.25) is 0 Å². The molecule has 0 saturated heterocycles. The van der Waals surface area contributed by atoms with Gasteiger partial charge >= 0.3 is 5.97 Å². The van der Waals surface area contributed by atoms with Gasteiger partial charge in [0.05, 0.1) is 34.8 Å². The van der Waals surface area contributed by atoms with Crippen molar-refractivity contribution in [1.82, 2.24) is 9.55 Å². The van der Waals surface area contributed by atoms with Crippen LogP contribution in [0.5, 0.6) is 0 Å². The van der Waals surface area contributed by atoms with Crippen LogP contribution in [0.3, 0.4) is 0 Å². The molecule has 4 aromatic rings. The standard InChI is InChI=1S/C20H15ClN2O3S/c1-12-15(20(24)25)9-18(23(12)10-13-5-4-8-26-13)17-11-27-19(22-17)14-6-2-3-7-16(14)21/h2-9,11H,10H2,1H3,(H,24,25). The number of benzene rings is 1. The van der Waals surface area contributed by atoms with Crippen LogP contribution in [0.1, 0.15) is 21.8 Å². The number of rotatable bonds is 5. The highest BCUT2D eigenvalue weighted by Gasteiger charge is 2.21. The molecule has 5 nitrogen and oxygen atoms in total. The van der Waals surface area contributed by atoms with Crippen LogP contribution < -0.4 is 0 Å². The first-order valence-corrected chi connectivity index (χ1v) is 9.47. The van der Waals surface area contributed by atoms with E-state index in [4.69, 9.17) is 21.0 Å². The first kappa shape index (κ1) is 17.6. The Morgan fingerprint density at radius 1 is 1.30 bits per heavy atom. The van der Waals surface area contributed by atoms with E-state index in [1.165, 1.54) is 11.3 Å². The minimum atomic E-state index is -0.964. The van der Waals surface area contributed by atoms with Crippen LogP contribution >= 0.6 is 22.9 Å². The highest BCUT2D eigenvalue weighted by molar-refractivity contribution is 7.13. The molecular formula is C20H15ClN2O3S. The summed E-state index contributed by atoms with van der Waals surface area (Å²) in [5, 5.41) is 12.9. The van der Waals surface area contributed by atoms with Gasteiger partial charge in [-0.25, -0.2) is 9.78 Å². The van der Waals surface area contributed by atoms with Crippen LogP contribution in [0, 0.1) is 6.92 Å². The lowest BCUT2D eigenvalue weighted by atomic mass is 10.2. The normalized spacial score (nSPS) is 11.0. The fourth-order valence-electron chi connectivity index (χ4n) is 2.99. The van der Waals surface area contributed by atoms with Crippen LogP contribution in [-0.2, 0) is 6.54 Å². The van der Waals surface area contributed by atoms with Gasteiger partial charge in [-0.2, -0.15) is 0 Å². The number of aromatic carboxylic acids is 1. The van der Waals surface area contributed by atoms with Gasteiger partial charge in [0, 0.05) is 16.6 Å². The molecule has 0 unspecified atom stereocenters. The topological polar surface area (TPSA) is 68.3 Å². The lowest BCUT2D eigenvalue weighted by Gasteiger charge is -2.09. The summed E-state index contributed by atoms with van der Waals surface area (Å²) in [5.74, 6) is -0.220. The fourth-order valence-corrected chi connectivity index (χ4v) is 4.12. The van der Waals surface area contributed by atoms with Crippen LogP contribution in [0.15, 0.2) is 58.5 Å². The van der Waals surface area contributed by atoms with E-state index in [-0.39, 0.29) is 5.56 Å². The molecule has 4 rings (SSSR count). The third kappa shape index (κ3) is 3.29. The first-order chi connectivity index (χ1) is 13.0. The van der Waals surface area contributed by atoms with Crippen molar-refractivity contribution in [2.75, 3.05) is 0 Å². The molecule has 0 saturated carbocycles. The summed E-state index contributed by atoms with van der Waals surface area (Å²) in [4.78, 5) is 16.3. The number of hydrogen-bond acceptors (Lipinski definition) is 4. The fraction of sp³-hybridized carbons (Fsp3) is 0.100. The van der Waals surface area contributed by atoms with Crippen LogP contribution in [0.4, 0.5) is 0 Å². The third-order valence-corrected chi connectivity index (χ3v) is 5.57. The zero-order valence-electron chi connectivity index (χ0n) is 14.3. The van der Waals surface area contributed by atoms with Crippen molar-refractivity contribution in [2.24, 2.45) is 0 Å². The second-order valence-corrected chi connectivity index (χ2v) is 7.28. The zero-order chi connectivity index (χ0) is 19.0. The van der Waals surface area contributed by atoms with Gasteiger partial charge in [0.15, 0.2) is 0 Å². The number of hydrogen-bond donors (Lipinski definition) is 1. The van der Waals surface area contributed by atoms with Crippen molar-refractivity contribution >= 4 is 28.9 Å². The predicted octanol–water partition coefficient (Wildman–Crippen LogP) is 5.58. The van der Waals surface area contributed by atoms with E-state index in [0.717, 1.165) is 22.0 Å². The Bertz CT molecular complexity index is 1110. The molecule has 0 bridgehead atoms. The number of carboxylic acids is 1. The first-order valence-electron chi connectivity index (χ1n) is 8.21. The highest BCUT2D eigenvalue weighted by atomic mass is 35.5. The van der Waals surface area contributed by atoms with Gasteiger partial charge in [0.25, 0.3) is 0 Å². The van der Waals surface area contributed by atoms with Crippen LogP contribution in [0.25, 0.3) is 22.0 Å². The molecule has 3 heterocycles. The Kier molecular flexibility index (Phi) is 4.59. The average Bonchev–Trinajstić information content (AvgIpc) is 3.37. The van der Waals surface area contributed by atoms with Crippen LogP contribution in [-0.4, -0.2) is 20.6 Å². The van der Waals surface area contributed by atoms with Crippen molar-refractivity contribution < 1.29 is 14.3 Å². The molecule has 0 aliphatic rings. The van der Waals surface area contributed by atoms with E-state index in [2.05, 4.69) is 0 Å². The van der Waals surface area contributed by atoms with E-state index in [1.807, 2.05) is 46.3 Å². The number of aromatic nitrogens is 2. The minimum Gasteiger partial charge on any atom is -0.478 e. The molecule has 0 aliphatic heterocycles. The maximum Gasteiger partial charge on any atom is 0.337 e. The quantitative estimate of drug-likeness (QED) is 0.476. The van der Waals surface area contributed by atoms with Crippen molar-refractivity contribution in [3.8, 4) is 22.0 Å². The van der Waals surface area contributed by atoms with Gasteiger partial charge in [-0.1, -0.05) is 29.8 Å². The maximum atomic E-state index is 11.6. The number of thiazole rings is 1. The Morgan fingerprint density at radius 2 is 2.11 bits per heavy atom. The molecule has 3 aromatic heterocycles. The molecule has 0 spiro atoms. The summed E-state index contributed by atoms with van der Waals surface area (Å²) < 4.78 is 7.35. The summed E-state index contributed by atoms with van der Waals surface area (Å²) in [6, 6.07) is 12.9. The van der Waals surface area contributed by atoms with Crippen LogP contribution in [0.2, 0.25) is 5.02 Å². The molecule has 0 atom stereocenters. The Morgan fingerprint density at radius 3 is 2.81 bits per heavy atom. The Hall–Kier alpha value is -2.83. The highest BCUT2D eigenvalue weighted by Crippen LogP contribution is 2.34.